The van der Waals surface area contributed by atoms with Crippen molar-refractivity contribution in [1.82, 2.24) is 4.72 Å². The second-order valence-corrected chi connectivity index (χ2v) is 6.93. The molecule has 0 aromatic rings. The highest BCUT2D eigenvalue weighted by Gasteiger charge is 2.36. The minimum Gasteiger partial charge on any atom is -0.394 e. The fourth-order valence-electron chi connectivity index (χ4n) is 1.94. The quantitative estimate of drug-likeness (QED) is 0.764. The van der Waals surface area contributed by atoms with E-state index in [-0.39, 0.29) is 6.61 Å². The van der Waals surface area contributed by atoms with Crippen LogP contribution < -0.4 is 4.72 Å². The maximum atomic E-state index is 11.7. The molecule has 1 saturated carbocycles. The Morgan fingerprint density at radius 3 is 2.20 bits per heavy atom. The average molecular weight is 235 g/mol. The Hall–Kier alpha value is -0.130. The van der Waals surface area contributed by atoms with Crippen LogP contribution in [0.5, 0.6) is 0 Å². The van der Waals surface area contributed by atoms with E-state index < -0.39 is 20.8 Å². The Labute approximate surface area is 92.1 Å². The molecule has 1 rings (SSSR count). The highest BCUT2D eigenvalue weighted by atomic mass is 32.2. The molecule has 15 heavy (non-hydrogen) atoms. The van der Waals surface area contributed by atoms with Gasteiger partial charge in [0.15, 0.2) is 0 Å². The Kier molecular flexibility index (Phi) is 4.14. The molecule has 0 aromatic heterocycles. The third-order valence-electron chi connectivity index (χ3n) is 3.09. The minimum absolute atomic E-state index is 0.0983. The Balaban J connectivity index is 2.76. The van der Waals surface area contributed by atoms with Crippen molar-refractivity contribution in [1.29, 1.82) is 0 Å². The van der Waals surface area contributed by atoms with Crippen LogP contribution in [0, 0.1) is 0 Å². The summed E-state index contributed by atoms with van der Waals surface area (Å²) in [6.07, 6.45) is 4.60. The van der Waals surface area contributed by atoms with E-state index in [1.165, 1.54) is 0 Å². The van der Waals surface area contributed by atoms with Crippen molar-refractivity contribution in [2.45, 2.75) is 56.7 Å². The normalized spacial score (nSPS) is 21.9. The summed E-state index contributed by atoms with van der Waals surface area (Å²) in [4.78, 5) is 0. The van der Waals surface area contributed by atoms with Gasteiger partial charge in [0, 0.05) is 0 Å². The summed E-state index contributed by atoms with van der Waals surface area (Å²) in [5, 5.41) is 8.92. The molecule has 0 heterocycles. The van der Waals surface area contributed by atoms with E-state index in [0.717, 1.165) is 32.1 Å². The summed E-state index contributed by atoms with van der Waals surface area (Å²) in [5.41, 5.74) is -0.596. The first-order valence-electron chi connectivity index (χ1n) is 5.55. The Morgan fingerprint density at radius 1 is 1.27 bits per heavy atom. The molecule has 0 spiro atoms. The molecule has 2 N–H and O–H groups in total. The van der Waals surface area contributed by atoms with Gasteiger partial charge in [0.05, 0.1) is 17.4 Å². The van der Waals surface area contributed by atoms with E-state index in [0.29, 0.717) is 0 Å². The Morgan fingerprint density at radius 2 is 1.80 bits per heavy atom. The first-order chi connectivity index (χ1) is 6.92. The number of hydrogen-bond donors (Lipinski definition) is 2. The van der Waals surface area contributed by atoms with Crippen molar-refractivity contribution < 1.29 is 13.5 Å². The van der Waals surface area contributed by atoms with Crippen LogP contribution >= 0.6 is 0 Å². The van der Waals surface area contributed by atoms with E-state index in [9.17, 15) is 13.5 Å². The average Bonchev–Trinajstić information content (AvgIpc) is 2.18. The largest absolute Gasteiger partial charge is 0.394 e. The molecule has 1 fully saturated rings. The molecule has 0 atom stereocenters. The maximum Gasteiger partial charge on any atom is 0.214 e. The highest BCUT2D eigenvalue weighted by Crippen LogP contribution is 2.28. The van der Waals surface area contributed by atoms with Crippen LogP contribution in [0.15, 0.2) is 0 Å². The van der Waals surface area contributed by atoms with Gasteiger partial charge in [-0.05, 0) is 26.7 Å². The van der Waals surface area contributed by atoms with Crippen LogP contribution in [0.4, 0.5) is 0 Å². The lowest BCUT2D eigenvalue weighted by atomic mass is 9.83. The van der Waals surface area contributed by atoms with Gasteiger partial charge < -0.3 is 5.11 Å². The van der Waals surface area contributed by atoms with E-state index in [1.54, 1.807) is 13.8 Å². The summed E-state index contributed by atoms with van der Waals surface area (Å²) in [7, 11) is -3.28. The van der Waals surface area contributed by atoms with Gasteiger partial charge in [-0.15, -0.1) is 0 Å². The fourth-order valence-corrected chi connectivity index (χ4v) is 3.05. The van der Waals surface area contributed by atoms with E-state index in [1.807, 2.05) is 0 Å². The monoisotopic (exact) mass is 235 g/mol. The lowest BCUT2D eigenvalue weighted by Crippen LogP contribution is -2.54. The van der Waals surface area contributed by atoms with E-state index in [4.69, 9.17) is 0 Å². The van der Waals surface area contributed by atoms with Crippen molar-refractivity contribution in [3.05, 3.63) is 0 Å². The topological polar surface area (TPSA) is 66.4 Å². The lowest BCUT2D eigenvalue weighted by molar-refractivity contribution is 0.142. The molecule has 0 amide bonds. The molecule has 1 aliphatic rings. The second kappa shape index (κ2) is 4.80. The molecular formula is C10H21NO3S. The van der Waals surface area contributed by atoms with Crippen LogP contribution in [-0.4, -0.2) is 30.9 Å². The summed E-state index contributed by atoms with van der Waals surface area (Å²) in [6, 6.07) is 0. The van der Waals surface area contributed by atoms with Gasteiger partial charge >= 0.3 is 0 Å². The number of aliphatic hydroxyl groups is 1. The van der Waals surface area contributed by atoms with Gasteiger partial charge in [-0.25, -0.2) is 13.1 Å². The minimum atomic E-state index is -3.28. The van der Waals surface area contributed by atoms with Gasteiger partial charge in [-0.1, -0.05) is 19.3 Å². The molecule has 0 aromatic carbocycles. The number of sulfonamides is 1. The number of aliphatic hydroxyl groups excluding tert-OH is 1. The van der Waals surface area contributed by atoms with Crippen molar-refractivity contribution >= 4 is 10.0 Å². The molecule has 90 valence electrons. The molecule has 0 radical (unpaired) electrons. The third kappa shape index (κ3) is 3.16. The van der Waals surface area contributed by atoms with Gasteiger partial charge in [-0.3, -0.25) is 0 Å². The molecule has 5 heteroatoms. The number of nitrogens with one attached hydrogen (secondary N) is 1. The van der Waals surface area contributed by atoms with Crippen molar-refractivity contribution in [3.8, 4) is 0 Å². The van der Waals surface area contributed by atoms with Crippen molar-refractivity contribution in [3.63, 3.8) is 0 Å². The molecule has 1 aliphatic carbocycles. The number of rotatable bonds is 4. The SMILES string of the molecule is CC(C)S(=O)(=O)NC1(CO)CCCCC1. The van der Waals surface area contributed by atoms with E-state index in [2.05, 4.69) is 4.72 Å². The standard InChI is InChI=1S/C10H21NO3S/c1-9(2)15(13,14)11-10(8-12)6-4-3-5-7-10/h9,11-12H,3-8H2,1-2H3. The summed E-state index contributed by atoms with van der Waals surface area (Å²) < 4.78 is 26.2. The number of hydrogen-bond acceptors (Lipinski definition) is 3. The van der Waals surface area contributed by atoms with Crippen molar-refractivity contribution in [2.75, 3.05) is 6.61 Å². The summed E-state index contributed by atoms with van der Waals surface area (Å²) in [6.45, 7) is 3.20. The van der Waals surface area contributed by atoms with Crippen LogP contribution in [0.25, 0.3) is 0 Å². The maximum absolute atomic E-state index is 11.7. The highest BCUT2D eigenvalue weighted by molar-refractivity contribution is 7.90. The zero-order valence-corrected chi connectivity index (χ0v) is 10.3. The van der Waals surface area contributed by atoms with Crippen LogP contribution in [0.2, 0.25) is 0 Å². The third-order valence-corrected chi connectivity index (χ3v) is 5.05. The van der Waals surface area contributed by atoms with E-state index >= 15 is 0 Å². The smallest absolute Gasteiger partial charge is 0.214 e. The summed E-state index contributed by atoms with van der Waals surface area (Å²) >= 11 is 0. The molecular weight excluding hydrogens is 214 g/mol. The summed E-state index contributed by atoms with van der Waals surface area (Å²) in [5.74, 6) is 0. The van der Waals surface area contributed by atoms with Gasteiger partial charge in [0.2, 0.25) is 10.0 Å². The van der Waals surface area contributed by atoms with Gasteiger partial charge in [-0.2, -0.15) is 0 Å². The van der Waals surface area contributed by atoms with Crippen LogP contribution in [0.1, 0.15) is 46.0 Å². The Bertz CT molecular complexity index is 292. The molecule has 0 aliphatic heterocycles. The first-order valence-corrected chi connectivity index (χ1v) is 7.10. The van der Waals surface area contributed by atoms with Crippen LogP contribution in [-0.2, 0) is 10.0 Å². The van der Waals surface area contributed by atoms with Crippen LogP contribution in [0.3, 0.4) is 0 Å². The molecule has 4 nitrogen and oxygen atoms in total. The molecule has 0 bridgehead atoms. The predicted octanol–water partition coefficient (Wildman–Crippen LogP) is 1.01. The zero-order chi connectivity index (χ0) is 11.5. The molecule has 0 unspecified atom stereocenters. The predicted molar refractivity (Wildman–Crippen MR) is 60.1 cm³/mol. The van der Waals surface area contributed by atoms with Gasteiger partial charge in [0.25, 0.3) is 0 Å². The zero-order valence-electron chi connectivity index (χ0n) is 9.49. The second-order valence-electron chi connectivity index (χ2n) is 4.69. The lowest BCUT2D eigenvalue weighted by Gasteiger charge is -2.36. The first kappa shape index (κ1) is 12.9. The molecule has 0 saturated heterocycles. The fraction of sp³-hybridized carbons (Fsp3) is 1.00. The van der Waals surface area contributed by atoms with Crippen molar-refractivity contribution in [2.24, 2.45) is 0 Å². The van der Waals surface area contributed by atoms with Gasteiger partial charge in [0.1, 0.15) is 0 Å².